The summed E-state index contributed by atoms with van der Waals surface area (Å²) in [5, 5.41) is 1.82. The molecule has 3 aromatic carbocycles. The summed E-state index contributed by atoms with van der Waals surface area (Å²) in [7, 11) is 0.0710. The van der Waals surface area contributed by atoms with Gasteiger partial charge in [0.1, 0.15) is 6.04 Å². The van der Waals surface area contributed by atoms with Crippen LogP contribution < -0.4 is 14.5 Å². The summed E-state index contributed by atoms with van der Waals surface area (Å²) in [4.78, 5) is 16.8. The smallest absolute Gasteiger partial charge is 0.245 e. The van der Waals surface area contributed by atoms with Crippen molar-refractivity contribution >= 4 is 38.1 Å². The van der Waals surface area contributed by atoms with E-state index >= 15 is 0 Å². The lowest BCUT2D eigenvalue weighted by molar-refractivity contribution is -0.121. The van der Waals surface area contributed by atoms with Crippen LogP contribution in [-0.4, -0.2) is 41.0 Å². The largest absolute Gasteiger partial charge is 0.377 e. The van der Waals surface area contributed by atoms with E-state index in [0.29, 0.717) is 13.0 Å². The molecule has 30 heavy (non-hydrogen) atoms. The van der Waals surface area contributed by atoms with Crippen molar-refractivity contribution < 1.29 is 13.2 Å². The molecular formula is C23H25N3O3S. The molecule has 0 aliphatic carbocycles. The van der Waals surface area contributed by atoms with Crippen LogP contribution in [0.15, 0.2) is 71.6 Å². The summed E-state index contributed by atoms with van der Waals surface area (Å²) in [6.45, 7) is 0.588. The highest BCUT2D eigenvalue weighted by Crippen LogP contribution is 2.28. The first-order chi connectivity index (χ1) is 14.4. The Balaban J connectivity index is 1.60. The van der Waals surface area contributed by atoms with E-state index in [9.17, 15) is 13.2 Å². The Kier molecular flexibility index (Phi) is 5.49. The van der Waals surface area contributed by atoms with Crippen LogP contribution in [0.3, 0.4) is 0 Å². The minimum absolute atomic E-state index is 0.163. The normalized spacial score (nSPS) is 17.3. The fourth-order valence-electron chi connectivity index (χ4n) is 3.91. The van der Waals surface area contributed by atoms with E-state index < -0.39 is 16.1 Å². The zero-order chi connectivity index (χ0) is 21.3. The van der Waals surface area contributed by atoms with Gasteiger partial charge in [0.2, 0.25) is 15.9 Å². The highest BCUT2D eigenvalue weighted by atomic mass is 32.2. The van der Waals surface area contributed by atoms with Gasteiger partial charge in [-0.05, 0) is 48.6 Å². The molecule has 1 heterocycles. The second kappa shape index (κ2) is 8.08. The third kappa shape index (κ3) is 3.91. The van der Waals surface area contributed by atoms with E-state index in [1.807, 2.05) is 73.6 Å². The lowest BCUT2D eigenvalue weighted by Crippen LogP contribution is -2.52. The Morgan fingerprint density at radius 3 is 2.50 bits per heavy atom. The van der Waals surface area contributed by atoms with Crippen molar-refractivity contribution in [2.45, 2.75) is 23.8 Å². The van der Waals surface area contributed by atoms with Gasteiger partial charge in [-0.1, -0.05) is 36.4 Å². The van der Waals surface area contributed by atoms with Crippen molar-refractivity contribution in [1.82, 2.24) is 4.72 Å². The third-order valence-electron chi connectivity index (χ3n) is 5.42. The van der Waals surface area contributed by atoms with Gasteiger partial charge in [0, 0.05) is 37.4 Å². The molecule has 3 aromatic rings. The van der Waals surface area contributed by atoms with Crippen molar-refractivity contribution in [3.8, 4) is 0 Å². The molecule has 1 amide bonds. The number of amides is 1. The average molecular weight is 424 g/mol. The number of carbonyl (C=O) groups is 1. The quantitative estimate of drug-likeness (QED) is 0.683. The van der Waals surface area contributed by atoms with Gasteiger partial charge in [0.15, 0.2) is 0 Å². The summed E-state index contributed by atoms with van der Waals surface area (Å²) in [5.41, 5.74) is 1.80. The SMILES string of the molecule is CN(C)c1cccc2cc(S(=O)(=O)NC3CCCN(c4ccccc4)C3=O)ccc12. The topological polar surface area (TPSA) is 69.7 Å². The maximum absolute atomic E-state index is 13.1. The summed E-state index contributed by atoms with van der Waals surface area (Å²) in [6, 6.07) is 19.4. The Morgan fingerprint density at radius 2 is 1.77 bits per heavy atom. The molecule has 156 valence electrons. The lowest BCUT2D eigenvalue weighted by atomic mass is 10.0. The van der Waals surface area contributed by atoms with Crippen molar-refractivity contribution in [3.63, 3.8) is 0 Å². The van der Waals surface area contributed by atoms with Crippen LogP contribution in [0.1, 0.15) is 12.8 Å². The molecule has 1 unspecified atom stereocenters. The van der Waals surface area contributed by atoms with Gasteiger partial charge < -0.3 is 9.80 Å². The molecule has 1 N–H and O–H groups in total. The molecule has 1 fully saturated rings. The van der Waals surface area contributed by atoms with Crippen LogP contribution in [0.5, 0.6) is 0 Å². The van der Waals surface area contributed by atoms with Crippen LogP contribution in [0.25, 0.3) is 10.8 Å². The van der Waals surface area contributed by atoms with Gasteiger partial charge >= 0.3 is 0 Å². The molecule has 0 bridgehead atoms. The number of rotatable bonds is 5. The zero-order valence-corrected chi connectivity index (χ0v) is 17.9. The number of hydrogen-bond acceptors (Lipinski definition) is 4. The van der Waals surface area contributed by atoms with E-state index in [0.717, 1.165) is 28.6 Å². The maximum atomic E-state index is 13.1. The van der Waals surface area contributed by atoms with Crippen LogP contribution in [0, 0.1) is 0 Å². The minimum Gasteiger partial charge on any atom is -0.377 e. The molecule has 0 radical (unpaired) electrons. The summed E-state index contributed by atoms with van der Waals surface area (Å²) in [6.07, 6.45) is 1.22. The fraction of sp³-hybridized carbons (Fsp3) is 0.261. The molecular weight excluding hydrogens is 398 g/mol. The Bertz CT molecular complexity index is 1180. The van der Waals surface area contributed by atoms with Crippen LogP contribution in [0.4, 0.5) is 11.4 Å². The predicted molar refractivity (Wildman–Crippen MR) is 120 cm³/mol. The number of fused-ring (bicyclic) bond motifs is 1. The highest BCUT2D eigenvalue weighted by Gasteiger charge is 2.33. The number of sulfonamides is 1. The van der Waals surface area contributed by atoms with Gasteiger partial charge in [-0.25, -0.2) is 8.42 Å². The molecule has 0 aromatic heterocycles. The van der Waals surface area contributed by atoms with E-state index in [1.54, 1.807) is 17.0 Å². The van der Waals surface area contributed by atoms with Crippen LogP contribution >= 0.6 is 0 Å². The number of carbonyl (C=O) groups excluding carboxylic acids is 1. The number of hydrogen-bond donors (Lipinski definition) is 1. The molecule has 0 saturated carbocycles. The number of piperidine rings is 1. The third-order valence-corrected chi connectivity index (χ3v) is 6.89. The molecule has 6 nitrogen and oxygen atoms in total. The van der Waals surface area contributed by atoms with Crippen LogP contribution in [0.2, 0.25) is 0 Å². The average Bonchev–Trinajstić information content (AvgIpc) is 2.74. The second-order valence-electron chi connectivity index (χ2n) is 7.70. The van der Waals surface area contributed by atoms with Crippen molar-refractivity contribution in [1.29, 1.82) is 0 Å². The number of benzene rings is 3. The summed E-state index contributed by atoms with van der Waals surface area (Å²) >= 11 is 0. The fourth-order valence-corrected chi connectivity index (χ4v) is 5.16. The van der Waals surface area contributed by atoms with Gasteiger partial charge in [-0.3, -0.25) is 4.79 Å². The first kappa shape index (κ1) is 20.4. The molecule has 7 heteroatoms. The molecule has 1 aliphatic heterocycles. The highest BCUT2D eigenvalue weighted by molar-refractivity contribution is 7.89. The molecule has 1 saturated heterocycles. The van der Waals surface area contributed by atoms with Crippen LogP contribution in [-0.2, 0) is 14.8 Å². The predicted octanol–water partition coefficient (Wildman–Crippen LogP) is 3.38. The van der Waals surface area contributed by atoms with E-state index in [-0.39, 0.29) is 10.8 Å². The minimum atomic E-state index is -3.83. The molecule has 1 atom stereocenters. The summed E-state index contributed by atoms with van der Waals surface area (Å²) < 4.78 is 28.8. The van der Waals surface area contributed by atoms with Gasteiger partial charge in [-0.15, -0.1) is 0 Å². The number of para-hydroxylation sites is 1. The Hall–Kier alpha value is -2.90. The van der Waals surface area contributed by atoms with E-state index in [2.05, 4.69) is 4.72 Å². The number of nitrogens with zero attached hydrogens (tertiary/aromatic N) is 2. The van der Waals surface area contributed by atoms with Crippen molar-refractivity contribution in [3.05, 3.63) is 66.7 Å². The van der Waals surface area contributed by atoms with E-state index in [1.165, 1.54) is 0 Å². The molecule has 0 spiro atoms. The van der Waals surface area contributed by atoms with Gasteiger partial charge in [0.25, 0.3) is 0 Å². The first-order valence-electron chi connectivity index (χ1n) is 9.96. The van der Waals surface area contributed by atoms with Crippen molar-refractivity contribution in [2.75, 3.05) is 30.4 Å². The maximum Gasteiger partial charge on any atom is 0.245 e. The zero-order valence-electron chi connectivity index (χ0n) is 17.1. The number of anilines is 2. The monoisotopic (exact) mass is 423 g/mol. The lowest BCUT2D eigenvalue weighted by Gasteiger charge is -2.32. The second-order valence-corrected chi connectivity index (χ2v) is 9.41. The Labute approximate surface area is 177 Å². The van der Waals surface area contributed by atoms with E-state index in [4.69, 9.17) is 0 Å². The number of nitrogens with one attached hydrogen (secondary N) is 1. The van der Waals surface area contributed by atoms with Gasteiger partial charge in [0.05, 0.1) is 4.90 Å². The first-order valence-corrected chi connectivity index (χ1v) is 11.4. The van der Waals surface area contributed by atoms with Gasteiger partial charge in [-0.2, -0.15) is 4.72 Å². The van der Waals surface area contributed by atoms with Crippen molar-refractivity contribution in [2.24, 2.45) is 0 Å². The molecule has 4 rings (SSSR count). The standard InChI is InChI=1S/C23H25N3O3S/c1-25(2)22-12-6-8-17-16-19(13-14-20(17)22)30(28,29)24-21-11-7-15-26(23(21)27)18-9-4-3-5-10-18/h3-6,8-10,12-14,16,21,24H,7,11,15H2,1-2H3. The summed E-state index contributed by atoms with van der Waals surface area (Å²) in [5.74, 6) is -0.216. The molecule has 1 aliphatic rings. The Morgan fingerprint density at radius 1 is 1.00 bits per heavy atom.